The van der Waals surface area contributed by atoms with Gasteiger partial charge in [-0.25, -0.2) is 9.97 Å². The first kappa shape index (κ1) is 14.6. The number of pyridine rings is 1. The van der Waals surface area contributed by atoms with E-state index >= 15 is 0 Å². The van der Waals surface area contributed by atoms with Gasteiger partial charge in [0.25, 0.3) is 0 Å². The molecular formula is C16H15N3O2S. The fraction of sp³-hybridized carbons (Fsp3) is 0.188. The lowest BCUT2D eigenvalue weighted by Crippen LogP contribution is -2.17. The van der Waals surface area contributed by atoms with Crippen LogP contribution in [0.4, 0.5) is 5.69 Å². The number of thiazole rings is 1. The quantitative estimate of drug-likeness (QED) is 0.803. The SMILES string of the molecule is COCC(=O)Nc1cccc(-c2nc3cccnc3s2)c1C. The van der Waals surface area contributed by atoms with Crippen molar-refractivity contribution in [2.75, 3.05) is 19.0 Å². The molecule has 0 unspecified atom stereocenters. The second kappa shape index (κ2) is 6.21. The normalized spacial score (nSPS) is 10.8. The zero-order chi connectivity index (χ0) is 15.5. The molecule has 22 heavy (non-hydrogen) atoms. The number of nitrogens with zero attached hydrogens (tertiary/aromatic N) is 2. The predicted octanol–water partition coefficient (Wildman–Crippen LogP) is 3.25. The van der Waals surface area contributed by atoms with Gasteiger partial charge in [-0.3, -0.25) is 4.79 Å². The van der Waals surface area contributed by atoms with E-state index in [-0.39, 0.29) is 12.5 Å². The Morgan fingerprint density at radius 1 is 1.32 bits per heavy atom. The summed E-state index contributed by atoms with van der Waals surface area (Å²) in [6.45, 7) is 2.01. The number of benzene rings is 1. The molecule has 6 heteroatoms. The van der Waals surface area contributed by atoms with Gasteiger partial charge in [0.05, 0.1) is 0 Å². The number of hydrogen-bond donors (Lipinski definition) is 1. The van der Waals surface area contributed by atoms with Crippen molar-refractivity contribution in [3.05, 3.63) is 42.1 Å². The summed E-state index contributed by atoms with van der Waals surface area (Å²) in [5, 5.41) is 3.75. The van der Waals surface area contributed by atoms with E-state index in [0.29, 0.717) is 0 Å². The number of fused-ring (bicyclic) bond motifs is 1. The van der Waals surface area contributed by atoms with E-state index in [1.54, 1.807) is 17.5 Å². The number of ether oxygens (including phenoxy) is 1. The number of rotatable bonds is 4. The van der Waals surface area contributed by atoms with E-state index < -0.39 is 0 Å². The first-order chi connectivity index (χ1) is 10.7. The van der Waals surface area contributed by atoms with Crippen molar-refractivity contribution >= 4 is 33.3 Å². The average Bonchev–Trinajstić information content (AvgIpc) is 2.93. The van der Waals surface area contributed by atoms with Gasteiger partial charge in [0.2, 0.25) is 5.91 Å². The molecule has 1 aromatic carbocycles. The van der Waals surface area contributed by atoms with Gasteiger partial charge < -0.3 is 10.1 Å². The Morgan fingerprint density at radius 3 is 2.95 bits per heavy atom. The van der Waals surface area contributed by atoms with Gasteiger partial charge in [0.1, 0.15) is 22.0 Å². The van der Waals surface area contributed by atoms with Crippen LogP contribution in [0.25, 0.3) is 20.9 Å². The van der Waals surface area contributed by atoms with Gasteiger partial charge in [-0.1, -0.05) is 23.5 Å². The van der Waals surface area contributed by atoms with Crippen LogP contribution in [0.2, 0.25) is 0 Å². The number of amides is 1. The third-order valence-electron chi connectivity index (χ3n) is 3.28. The highest BCUT2D eigenvalue weighted by Gasteiger charge is 2.12. The number of hydrogen-bond acceptors (Lipinski definition) is 5. The van der Waals surface area contributed by atoms with Crippen LogP contribution in [0.1, 0.15) is 5.56 Å². The van der Waals surface area contributed by atoms with Crippen LogP contribution in [0.3, 0.4) is 0 Å². The highest BCUT2D eigenvalue weighted by atomic mass is 32.1. The number of carbonyl (C=O) groups is 1. The molecule has 0 radical (unpaired) electrons. The number of methoxy groups -OCH3 is 1. The molecule has 0 aliphatic carbocycles. The molecule has 1 amide bonds. The molecule has 112 valence electrons. The highest BCUT2D eigenvalue weighted by Crippen LogP contribution is 2.33. The maximum absolute atomic E-state index is 11.7. The fourth-order valence-electron chi connectivity index (χ4n) is 2.21. The minimum atomic E-state index is -0.172. The predicted molar refractivity (Wildman–Crippen MR) is 88.1 cm³/mol. The van der Waals surface area contributed by atoms with Crippen LogP contribution in [-0.2, 0) is 9.53 Å². The van der Waals surface area contributed by atoms with E-state index in [2.05, 4.69) is 15.3 Å². The summed E-state index contributed by atoms with van der Waals surface area (Å²) in [4.78, 5) is 21.5. The molecule has 0 aliphatic heterocycles. The number of anilines is 1. The molecule has 5 nitrogen and oxygen atoms in total. The molecule has 3 aromatic rings. The molecule has 2 heterocycles. The number of carbonyl (C=O) groups excluding carboxylic acids is 1. The minimum absolute atomic E-state index is 0.0364. The Kier molecular flexibility index (Phi) is 4.13. The summed E-state index contributed by atoms with van der Waals surface area (Å²) < 4.78 is 4.84. The first-order valence-corrected chi connectivity index (χ1v) is 7.61. The van der Waals surface area contributed by atoms with Gasteiger partial charge in [-0.15, -0.1) is 0 Å². The molecule has 0 atom stereocenters. The lowest BCUT2D eigenvalue weighted by molar-refractivity contribution is -0.119. The van der Waals surface area contributed by atoms with Gasteiger partial charge in [0, 0.05) is 24.6 Å². The van der Waals surface area contributed by atoms with Crippen molar-refractivity contribution in [2.45, 2.75) is 6.92 Å². The Morgan fingerprint density at radius 2 is 2.18 bits per heavy atom. The van der Waals surface area contributed by atoms with E-state index in [1.165, 1.54) is 7.11 Å². The van der Waals surface area contributed by atoms with Crippen LogP contribution >= 0.6 is 11.3 Å². The Balaban J connectivity index is 1.98. The minimum Gasteiger partial charge on any atom is -0.375 e. The summed E-state index contributed by atoms with van der Waals surface area (Å²) >= 11 is 1.54. The fourth-order valence-corrected chi connectivity index (χ4v) is 3.20. The van der Waals surface area contributed by atoms with E-state index in [9.17, 15) is 4.79 Å². The smallest absolute Gasteiger partial charge is 0.250 e. The Hall–Kier alpha value is -2.31. The van der Waals surface area contributed by atoms with Crippen molar-refractivity contribution in [1.29, 1.82) is 0 Å². The maximum Gasteiger partial charge on any atom is 0.250 e. The van der Waals surface area contributed by atoms with Crippen molar-refractivity contribution < 1.29 is 9.53 Å². The van der Waals surface area contributed by atoms with E-state index in [1.807, 2.05) is 37.3 Å². The third kappa shape index (κ3) is 2.84. The summed E-state index contributed by atoms with van der Waals surface area (Å²) in [7, 11) is 1.50. The van der Waals surface area contributed by atoms with Crippen molar-refractivity contribution in [3.8, 4) is 10.6 Å². The number of aromatic nitrogens is 2. The zero-order valence-electron chi connectivity index (χ0n) is 12.3. The average molecular weight is 313 g/mol. The summed E-state index contributed by atoms with van der Waals surface area (Å²) in [6.07, 6.45) is 1.76. The number of nitrogens with one attached hydrogen (secondary N) is 1. The second-order valence-corrected chi connectivity index (χ2v) is 5.78. The zero-order valence-corrected chi connectivity index (χ0v) is 13.1. The first-order valence-electron chi connectivity index (χ1n) is 6.79. The lowest BCUT2D eigenvalue weighted by atomic mass is 10.1. The molecule has 3 rings (SSSR count). The van der Waals surface area contributed by atoms with Crippen LogP contribution in [0.15, 0.2) is 36.5 Å². The van der Waals surface area contributed by atoms with Gasteiger partial charge in [0.15, 0.2) is 0 Å². The summed E-state index contributed by atoms with van der Waals surface area (Å²) in [5.41, 5.74) is 3.63. The van der Waals surface area contributed by atoms with Crippen LogP contribution in [0.5, 0.6) is 0 Å². The molecule has 0 bridgehead atoms. The molecule has 1 N–H and O–H groups in total. The van der Waals surface area contributed by atoms with Crippen molar-refractivity contribution in [3.63, 3.8) is 0 Å². The monoisotopic (exact) mass is 313 g/mol. The molecule has 0 saturated carbocycles. The molecule has 0 saturated heterocycles. The molecule has 0 spiro atoms. The van der Waals surface area contributed by atoms with Gasteiger partial charge in [-0.05, 0) is 30.7 Å². The van der Waals surface area contributed by atoms with Crippen LogP contribution in [0, 0.1) is 6.92 Å². The van der Waals surface area contributed by atoms with E-state index in [4.69, 9.17) is 4.74 Å². The second-order valence-electron chi connectivity index (χ2n) is 4.81. The molecule has 2 aromatic heterocycles. The standard InChI is InChI=1S/C16H15N3O2S/c1-10-11(5-3-6-12(10)18-14(20)9-21-2)15-19-13-7-4-8-17-16(13)22-15/h3-8H,9H2,1-2H3,(H,18,20). The molecular weight excluding hydrogens is 298 g/mol. The maximum atomic E-state index is 11.7. The van der Waals surface area contributed by atoms with Crippen molar-refractivity contribution in [2.24, 2.45) is 0 Å². The highest BCUT2D eigenvalue weighted by molar-refractivity contribution is 7.21. The van der Waals surface area contributed by atoms with Gasteiger partial charge in [-0.2, -0.15) is 0 Å². The lowest BCUT2D eigenvalue weighted by Gasteiger charge is -2.10. The van der Waals surface area contributed by atoms with Gasteiger partial charge >= 0.3 is 0 Å². The Bertz CT molecular complexity index is 796. The van der Waals surface area contributed by atoms with Crippen LogP contribution in [-0.4, -0.2) is 29.6 Å². The van der Waals surface area contributed by atoms with Crippen LogP contribution < -0.4 is 5.32 Å². The molecule has 0 fully saturated rings. The topological polar surface area (TPSA) is 64.1 Å². The summed E-state index contributed by atoms with van der Waals surface area (Å²) in [5.74, 6) is -0.172. The largest absolute Gasteiger partial charge is 0.375 e. The summed E-state index contributed by atoms with van der Waals surface area (Å²) in [6, 6.07) is 9.60. The van der Waals surface area contributed by atoms with E-state index in [0.717, 1.165) is 32.2 Å². The van der Waals surface area contributed by atoms with Crippen molar-refractivity contribution in [1.82, 2.24) is 9.97 Å². The molecule has 0 aliphatic rings. The Labute approximate surface area is 132 Å². The third-order valence-corrected chi connectivity index (χ3v) is 4.29.